The molecule has 0 saturated carbocycles. The Morgan fingerprint density at radius 1 is 0.800 bits per heavy atom. The Balaban J connectivity index is 3.24. The van der Waals surface area contributed by atoms with Crippen LogP contribution in [-0.4, -0.2) is 12.6 Å². The first-order valence-corrected chi connectivity index (χ1v) is 7.82. The van der Waals surface area contributed by atoms with Crippen LogP contribution in [0.4, 0.5) is 0 Å². The third-order valence-electron chi connectivity index (χ3n) is 2.78. The van der Waals surface area contributed by atoms with E-state index in [2.05, 4.69) is 30.6 Å². The summed E-state index contributed by atoms with van der Waals surface area (Å²) < 4.78 is 4.87. The van der Waals surface area contributed by atoms with Crippen molar-refractivity contribution in [2.75, 3.05) is 6.61 Å². The molecule has 0 aromatic carbocycles. The van der Waals surface area contributed by atoms with Gasteiger partial charge in [0.15, 0.2) is 0 Å². The fourth-order valence-corrected chi connectivity index (χ4v) is 1.63. The number of carbonyl (C=O) groups excluding carboxylic acids is 1. The van der Waals surface area contributed by atoms with Gasteiger partial charge in [0.2, 0.25) is 0 Å². The van der Waals surface area contributed by atoms with Gasteiger partial charge in [-0.1, -0.05) is 26.2 Å². The number of hydrogen-bond acceptors (Lipinski definition) is 2. The Kier molecular flexibility index (Phi) is 14.5. The molecular formula is C18H28O2. The molecule has 2 nitrogen and oxygen atoms in total. The summed E-state index contributed by atoms with van der Waals surface area (Å²) in [5.41, 5.74) is 0. The molecule has 0 rings (SSSR count). The molecule has 0 saturated heterocycles. The SMILES string of the molecule is CCCCC#CCCC#CCCCCCCOC(C)=O. The highest BCUT2D eigenvalue weighted by Crippen LogP contribution is 2.02. The number of unbranched alkanes of at least 4 members (excludes halogenated alkanes) is 7. The van der Waals surface area contributed by atoms with Gasteiger partial charge in [-0.25, -0.2) is 0 Å². The summed E-state index contributed by atoms with van der Waals surface area (Å²) in [4.78, 5) is 10.5. The first-order chi connectivity index (χ1) is 9.77. The lowest BCUT2D eigenvalue weighted by Crippen LogP contribution is -1.99. The summed E-state index contributed by atoms with van der Waals surface area (Å²) in [6.45, 7) is 4.19. The second-order valence-electron chi connectivity index (χ2n) is 4.81. The lowest BCUT2D eigenvalue weighted by atomic mass is 10.1. The standard InChI is InChI=1S/C18H28O2/c1-3-4-5-6-7-8-9-10-11-12-13-14-15-16-17-20-18(2)19/h3-5,8-9,12-17H2,1-2H3. The van der Waals surface area contributed by atoms with Gasteiger partial charge in [0.1, 0.15) is 0 Å². The van der Waals surface area contributed by atoms with Crippen molar-refractivity contribution in [2.24, 2.45) is 0 Å². The van der Waals surface area contributed by atoms with Crippen LogP contribution < -0.4 is 0 Å². The van der Waals surface area contributed by atoms with Gasteiger partial charge in [-0.2, -0.15) is 0 Å². The van der Waals surface area contributed by atoms with Gasteiger partial charge in [-0.3, -0.25) is 4.79 Å². The Labute approximate surface area is 124 Å². The van der Waals surface area contributed by atoms with Gasteiger partial charge >= 0.3 is 5.97 Å². The molecule has 0 aliphatic carbocycles. The van der Waals surface area contributed by atoms with Crippen LogP contribution >= 0.6 is 0 Å². The molecule has 0 aromatic rings. The zero-order chi connectivity index (χ0) is 14.9. The predicted molar refractivity (Wildman–Crippen MR) is 84.0 cm³/mol. The number of hydrogen-bond donors (Lipinski definition) is 0. The molecule has 0 atom stereocenters. The molecule has 0 N–H and O–H groups in total. The fourth-order valence-electron chi connectivity index (χ4n) is 1.63. The number of esters is 1. The van der Waals surface area contributed by atoms with Gasteiger partial charge in [0.05, 0.1) is 6.61 Å². The normalized spacial score (nSPS) is 9.10. The molecule has 0 unspecified atom stereocenters. The minimum absolute atomic E-state index is 0.186. The Morgan fingerprint density at radius 3 is 1.95 bits per heavy atom. The van der Waals surface area contributed by atoms with Crippen molar-refractivity contribution >= 4 is 5.97 Å². The molecule has 0 aliphatic heterocycles. The molecule has 0 aromatic heterocycles. The first kappa shape index (κ1) is 18.6. The maximum Gasteiger partial charge on any atom is 0.302 e. The summed E-state index contributed by atoms with van der Waals surface area (Å²) >= 11 is 0. The van der Waals surface area contributed by atoms with Crippen molar-refractivity contribution in [1.82, 2.24) is 0 Å². The van der Waals surface area contributed by atoms with Crippen LogP contribution in [0.5, 0.6) is 0 Å². The number of ether oxygens (including phenoxy) is 1. The topological polar surface area (TPSA) is 26.3 Å². The van der Waals surface area contributed by atoms with E-state index in [4.69, 9.17) is 4.74 Å². The van der Waals surface area contributed by atoms with Crippen LogP contribution in [0.15, 0.2) is 0 Å². The first-order valence-electron chi connectivity index (χ1n) is 7.82. The minimum atomic E-state index is -0.186. The molecule has 0 aliphatic rings. The number of carbonyl (C=O) groups is 1. The van der Waals surface area contributed by atoms with E-state index in [1.807, 2.05) is 0 Å². The van der Waals surface area contributed by atoms with Crippen LogP contribution in [0.3, 0.4) is 0 Å². The van der Waals surface area contributed by atoms with E-state index in [-0.39, 0.29) is 5.97 Å². The maximum absolute atomic E-state index is 10.5. The summed E-state index contributed by atoms with van der Waals surface area (Å²) in [7, 11) is 0. The molecule has 0 spiro atoms. The summed E-state index contributed by atoms with van der Waals surface area (Å²) in [6.07, 6.45) is 10.6. The molecule has 112 valence electrons. The van der Waals surface area contributed by atoms with Crippen LogP contribution in [0.2, 0.25) is 0 Å². The highest BCUT2D eigenvalue weighted by Gasteiger charge is 1.92. The van der Waals surface area contributed by atoms with Gasteiger partial charge < -0.3 is 4.74 Å². The van der Waals surface area contributed by atoms with E-state index >= 15 is 0 Å². The average Bonchev–Trinajstić information content (AvgIpc) is 2.43. The highest BCUT2D eigenvalue weighted by atomic mass is 16.5. The van der Waals surface area contributed by atoms with Gasteiger partial charge in [0, 0.05) is 32.6 Å². The number of rotatable bonds is 9. The second kappa shape index (κ2) is 15.6. The molecule has 0 amide bonds. The van der Waals surface area contributed by atoms with Crippen LogP contribution in [-0.2, 0) is 9.53 Å². The van der Waals surface area contributed by atoms with Crippen LogP contribution in [0, 0.1) is 23.7 Å². The summed E-state index contributed by atoms with van der Waals surface area (Å²) in [5.74, 6) is 12.5. The maximum atomic E-state index is 10.5. The quantitative estimate of drug-likeness (QED) is 0.353. The van der Waals surface area contributed by atoms with Gasteiger partial charge in [-0.15, -0.1) is 23.7 Å². The van der Waals surface area contributed by atoms with Crippen LogP contribution in [0.1, 0.15) is 78.1 Å². The average molecular weight is 276 g/mol. The smallest absolute Gasteiger partial charge is 0.302 e. The monoisotopic (exact) mass is 276 g/mol. The van der Waals surface area contributed by atoms with Gasteiger partial charge in [0.25, 0.3) is 0 Å². The van der Waals surface area contributed by atoms with Crippen molar-refractivity contribution in [3.8, 4) is 23.7 Å². The Hall–Kier alpha value is -1.41. The minimum Gasteiger partial charge on any atom is -0.466 e. The second-order valence-corrected chi connectivity index (χ2v) is 4.81. The van der Waals surface area contributed by atoms with E-state index in [1.54, 1.807) is 0 Å². The highest BCUT2D eigenvalue weighted by molar-refractivity contribution is 5.65. The Morgan fingerprint density at radius 2 is 1.35 bits per heavy atom. The fraction of sp³-hybridized carbons (Fsp3) is 0.722. The largest absolute Gasteiger partial charge is 0.466 e. The molecule has 0 heterocycles. The molecular weight excluding hydrogens is 248 g/mol. The zero-order valence-corrected chi connectivity index (χ0v) is 13.1. The lowest BCUT2D eigenvalue weighted by Gasteiger charge is -2.00. The van der Waals surface area contributed by atoms with Crippen LogP contribution in [0.25, 0.3) is 0 Å². The van der Waals surface area contributed by atoms with E-state index in [1.165, 1.54) is 19.8 Å². The van der Waals surface area contributed by atoms with Crippen molar-refractivity contribution in [3.63, 3.8) is 0 Å². The van der Waals surface area contributed by atoms with E-state index in [0.29, 0.717) is 6.61 Å². The summed E-state index contributed by atoms with van der Waals surface area (Å²) in [6, 6.07) is 0. The molecule has 0 bridgehead atoms. The van der Waals surface area contributed by atoms with E-state index in [0.717, 1.165) is 51.4 Å². The van der Waals surface area contributed by atoms with E-state index < -0.39 is 0 Å². The predicted octanol–water partition coefficient (Wildman–Crippen LogP) is 4.48. The van der Waals surface area contributed by atoms with Crippen molar-refractivity contribution < 1.29 is 9.53 Å². The molecule has 0 radical (unpaired) electrons. The van der Waals surface area contributed by atoms with Gasteiger partial charge in [-0.05, 0) is 19.3 Å². The zero-order valence-electron chi connectivity index (χ0n) is 13.1. The van der Waals surface area contributed by atoms with Crippen molar-refractivity contribution in [1.29, 1.82) is 0 Å². The molecule has 20 heavy (non-hydrogen) atoms. The lowest BCUT2D eigenvalue weighted by molar-refractivity contribution is -0.141. The van der Waals surface area contributed by atoms with E-state index in [9.17, 15) is 4.79 Å². The molecule has 0 fully saturated rings. The third kappa shape index (κ3) is 16.6. The molecule has 2 heteroatoms. The van der Waals surface area contributed by atoms with Crippen molar-refractivity contribution in [2.45, 2.75) is 78.1 Å². The van der Waals surface area contributed by atoms with Crippen molar-refractivity contribution in [3.05, 3.63) is 0 Å². The third-order valence-corrected chi connectivity index (χ3v) is 2.78. The Bertz CT molecular complexity index is 349. The summed E-state index contributed by atoms with van der Waals surface area (Å²) in [5, 5.41) is 0.